The van der Waals surface area contributed by atoms with Crippen LogP contribution in [0.15, 0.2) is 65.8 Å². The minimum Gasteiger partial charge on any atom is -0.289 e. The summed E-state index contributed by atoms with van der Waals surface area (Å²) < 4.78 is 0. The maximum absolute atomic E-state index is 11.7. The first-order chi connectivity index (χ1) is 10.0. The first-order valence-electron chi connectivity index (χ1n) is 7.57. The molecule has 0 N–H and O–H groups in total. The molecule has 0 radical (unpaired) electrons. The first-order valence-corrected chi connectivity index (χ1v) is 7.57. The molecule has 1 nitrogen and oxygen atoms in total. The molecule has 0 unspecified atom stereocenters. The highest BCUT2D eigenvalue weighted by atomic mass is 16.1. The first kappa shape index (κ1) is 17.2. The lowest BCUT2D eigenvalue weighted by atomic mass is 10.0. The Morgan fingerprint density at radius 1 is 1.05 bits per heavy atom. The van der Waals surface area contributed by atoms with Crippen molar-refractivity contribution in [3.8, 4) is 0 Å². The highest BCUT2D eigenvalue weighted by Crippen LogP contribution is 2.11. The van der Waals surface area contributed by atoms with E-state index in [1.165, 1.54) is 11.1 Å². The van der Waals surface area contributed by atoms with Gasteiger partial charge in [-0.3, -0.25) is 4.79 Å². The molecule has 1 aromatic rings. The third-order valence-corrected chi connectivity index (χ3v) is 3.50. The van der Waals surface area contributed by atoms with Crippen LogP contribution in [0.1, 0.15) is 45.6 Å². The molecule has 1 heteroatoms. The maximum atomic E-state index is 11.7. The summed E-state index contributed by atoms with van der Waals surface area (Å²) in [7, 11) is 0. The lowest BCUT2D eigenvalue weighted by Crippen LogP contribution is -1.99. The van der Waals surface area contributed by atoms with E-state index in [0.717, 1.165) is 31.3 Å². The van der Waals surface area contributed by atoms with Crippen molar-refractivity contribution in [3.63, 3.8) is 0 Å². The van der Waals surface area contributed by atoms with Gasteiger partial charge in [0.25, 0.3) is 0 Å². The monoisotopic (exact) mass is 282 g/mol. The second-order valence-electron chi connectivity index (χ2n) is 5.61. The van der Waals surface area contributed by atoms with Crippen molar-refractivity contribution >= 4 is 5.78 Å². The van der Waals surface area contributed by atoms with Crippen molar-refractivity contribution in [1.29, 1.82) is 0 Å². The Morgan fingerprint density at radius 3 is 2.33 bits per heavy atom. The topological polar surface area (TPSA) is 17.1 Å². The average Bonchev–Trinajstić information content (AvgIpc) is 2.47. The third-order valence-electron chi connectivity index (χ3n) is 3.50. The minimum absolute atomic E-state index is 0.0701. The van der Waals surface area contributed by atoms with Crippen LogP contribution in [0.25, 0.3) is 0 Å². The van der Waals surface area contributed by atoms with Gasteiger partial charge in [0.2, 0.25) is 0 Å². The quantitative estimate of drug-likeness (QED) is 0.458. The number of hydrogen-bond acceptors (Lipinski definition) is 1. The largest absolute Gasteiger partial charge is 0.289 e. The maximum Gasteiger partial charge on any atom is 0.183 e. The molecule has 0 aliphatic carbocycles. The molecular formula is C20H26O. The van der Waals surface area contributed by atoms with Crippen LogP contribution in [-0.4, -0.2) is 5.78 Å². The number of rotatable bonds is 8. The van der Waals surface area contributed by atoms with Crippen LogP contribution < -0.4 is 0 Å². The van der Waals surface area contributed by atoms with Gasteiger partial charge in [-0.2, -0.15) is 0 Å². The fraction of sp³-hybridized carbons (Fsp3) is 0.350. The van der Waals surface area contributed by atoms with Gasteiger partial charge >= 0.3 is 0 Å². The van der Waals surface area contributed by atoms with Gasteiger partial charge in [-0.1, -0.05) is 54.6 Å². The molecule has 0 aliphatic rings. The molecule has 1 aromatic carbocycles. The van der Waals surface area contributed by atoms with Crippen LogP contribution in [0.4, 0.5) is 0 Å². The van der Waals surface area contributed by atoms with Gasteiger partial charge in [-0.25, -0.2) is 0 Å². The Balaban J connectivity index is 2.35. The summed E-state index contributed by atoms with van der Waals surface area (Å²) in [6.07, 6.45) is 8.40. The molecule has 0 aromatic heterocycles. The molecule has 0 aliphatic heterocycles. The smallest absolute Gasteiger partial charge is 0.183 e. The zero-order chi connectivity index (χ0) is 15.7. The van der Waals surface area contributed by atoms with E-state index in [1.807, 2.05) is 19.1 Å². The zero-order valence-electron chi connectivity index (χ0n) is 13.5. The van der Waals surface area contributed by atoms with Crippen molar-refractivity contribution in [2.45, 2.75) is 46.5 Å². The zero-order valence-corrected chi connectivity index (χ0v) is 13.5. The Hall–Kier alpha value is -1.89. The van der Waals surface area contributed by atoms with Gasteiger partial charge in [-0.05, 0) is 63.2 Å². The van der Waals surface area contributed by atoms with Crippen LogP contribution in [-0.2, 0) is 11.2 Å². The van der Waals surface area contributed by atoms with Gasteiger partial charge < -0.3 is 0 Å². The number of carbonyl (C=O) groups is 1. The summed E-state index contributed by atoms with van der Waals surface area (Å²) >= 11 is 0. The van der Waals surface area contributed by atoms with Gasteiger partial charge in [-0.15, -0.1) is 0 Å². The van der Waals surface area contributed by atoms with E-state index in [-0.39, 0.29) is 5.78 Å². The third kappa shape index (κ3) is 6.89. The van der Waals surface area contributed by atoms with E-state index in [2.05, 4.69) is 43.8 Å². The Morgan fingerprint density at radius 2 is 1.71 bits per heavy atom. The molecule has 21 heavy (non-hydrogen) atoms. The van der Waals surface area contributed by atoms with Crippen LogP contribution in [0.5, 0.6) is 0 Å². The summed E-state index contributed by atoms with van der Waals surface area (Å²) in [5, 5.41) is 0. The highest BCUT2D eigenvalue weighted by Gasteiger charge is 2.03. The number of aryl methyl sites for hydroxylation is 1. The van der Waals surface area contributed by atoms with Gasteiger partial charge in [0, 0.05) is 0 Å². The summed E-state index contributed by atoms with van der Waals surface area (Å²) in [6, 6.07) is 10.5. The average molecular weight is 282 g/mol. The standard InChI is InChI=1S/C20H26O/c1-16(2)20(21)18(4)12-8-10-17(3)11-9-15-19-13-6-5-7-14-19/h5-7,11-14H,1,8-10,15H2,2-4H3/b17-11+,18-12+. The molecular weight excluding hydrogens is 256 g/mol. The van der Waals surface area contributed by atoms with E-state index < -0.39 is 0 Å². The summed E-state index contributed by atoms with van der Waals surface area (Å²) in [5.74, 6) is 0.0701. The molecule has 0 spiro atoms. The van der Waals surface area contributed by atoms with Crippen LogP contribution in [0.2, 0.25) is 0 Å². The fourth-order valence-corrected chi connectivity index (χ4v) is 2.18. The van der Waals surface area contributed by atoms with Crippen molar-refractivity contribution in [1.82, 2.24) is 0 Å². The predicted octanol–water partition coefficient (Wildman–Crippen LogP) is 5.44. The van der Waals surface area contributed by atoms with E-state index in [9.17, 15) is 4.79 Å². The molecule has 0 fully saturated rings. The number of hydrogen-bond donors (Lipinski definition) is 0. The molecule has 0 bridgehead atoms. The molecule has 0 heterocycles. The molecule has 0 saturated heterocycles. The van der Waals surface area contributed by atoms with Crippen LogP contribution in [0.3, 0.4) is 0 Å². The summed E-state index contributed by atoms with van der Waals surface area (Å²) in [4.78, 5) is 11.7. The minimum atomic E-state index is 0.0701. The van der Waals surface area contributed by atoms with E-state index in [4.69, 9.17) is 0 Å². The Labute approximate surface area is 129 Å². The van der Waals surface area contributed by atoms with Crippen LogP contribution in [0, 0.1) is 0 Å². The van der Waals surface area contributed by atoms with E-state index in [1.54, 1.807) is 6.92 Å². The fourth-order valence-electron chi connectivity index (χ4n) is 2.18. The Bertz CT molecular complexity index is 532. The van der Waals surface area contributed by atoms with Gasteiger partial charge in [0.15, 0.2) is 5.78 Å². The summed E-state index contributed by atoms with van der Waals surface area (Å²) in [5.41, 5.74) is 4.18. The second-order valence-corrected chi connectivity index (χ2v) is 5.61. The van der Waals surface area contributed by atoms with Gasteiger partial charge in [0.05, 0.1) is 0 Å². The van der Waals surface area contributed by atoms with Gasteiger partial charge in [0.1, 0.15) is 0 Å². The van der Waals surface area contributed by atoms with Crippen molar-refractivity contribution in [2.24, 2.45) is 0 Å². The number of benzene rings is 1. The lowest BCUT2D eigenvalue weighted by Gasteiger charge is -2.02. The Kier molecular flexibility index (Phi) is 7.45. The SMILES string of the molecule is C=C(C)C(=O)/C(C)=C/CC/C(C)=C/CCc1ccccc1. The number of ketones is 1. The predicted molar refractivity (Wildman–Crippen MR) is 91.3 cm³/mol. The second kappa shape index (κ2) is 9.12. The van der Waals surface area contributed by atoms with Crippen molar-refractivity contribution in [3.05, 3.63) is 71.3 Å². The number of carbonyl (C=O) groups excluding carboxylic acids is 1. The molecule has 112 valence electrons. The molecule has 0 amide bonds. The van der Waals surface area contributed by atoms with E-state index >= 15 is 0 Å². The highest BCUT2D eigenvalue weighted by molar-refractivity contribution is 6.06. The number of allylic oxidation sites excluding steroid dienone is 5. The van der Waals surface area contributed by atoms with Crippen molar-refractivity contribution < 1.29 is 4.79 Å². The number of Topliss-reactive ketones (excluding diaryl/α,β-unsaturated/α-hetero) is 1. The van der Waals surface area contributed by atoms with Crippen LogP contribution >= 0.6 is 0 Å². The summed E-state index contributed by atoms with van der Waals surface area (Å²) in [6.45, 7) is 9.47. The normalized spacial score (nSPS) is 12.3. The molecule has 1 rings (SSSR count). The lowest BCUT2D eigenvalue weighted by molar-refractivity contribution is -0.112. The van der Waals surface area contributed by atoms with E-state index in [0.29, 0.717) is 5.57 Å². The molecule has 0 saturated carbocycles. The van der Waals surface area contributed by atoms with Crippen molar-refractivity contribution in [2.75, 3.05) is 0 Å². The molecule has 0 atom stereocenters.